The van der Waals surface area contributed by atoms with Crippen molar-refractivity contribution in [1.29, 1.82) is 5.41 Å². The summed E-state index contributed by atoms with van der Waals surface area (Å²) in [4.78, 5) is 29.8. The fourth-order valence-corrected chi connectivity index (χ4v) is 5.34. The first kappa shape index (κ1) is 24.5. The summed E-state index contributed by atoms with van der Waals surface area (Å²) in [7, 11) is 0. The third-order valence-electron chi connectivity index (χ3n) is 7.42. The zero-order valence-corrected chi connectivity index (χ0v) is 20.1. The Morgan fingerprint density at radius 1 is 1.12 bits per heavy atom. The molecule has 2 fully saturated rings. The number of rotatable bonds is 12. The van der Waals surface area contributed by atoms with E-state index in [0.29, 0.717) is 31.1 Å². The molecule has 0 aliphatic carbocycles. The first-order valence-corrected chi connectivity index (χ1v) is 12.7. The van der Waals surface area contributed by atoms with Crippen molar-refractivity contribution in [1.82, 2.24) is 9.80 Å². The van der Waals surface area contributed by atoms with Crippen LogP contribution in [0.1, 0.15) is 83.6 Å². The Morgan fingerprint density at radius 3 is 2.47 bits per heavy atom. The standard InChI is InChI=1S/C27H41N3O2/c1-3-5-16-27(17-6-4-2)20-24(28)30(26(27)32)19-15-23-14-18-29(21-23)25(31)13-12-22-10-8-7-9-11-22/h7-11,23,28H,3-6,12-21H2,1-2H3. The summed E-state index contributed by atoms with van der Waals surface area (Å²) in [5, 5.41) is 8.52. The minimum atomic E-state index is -0.335. The van der Waals surface area contributed by atoms with Crippen molar-refractivity contribution in [2.24, 2.45) is 11.3 Å². The second-order valence-corrected chi connectivity index (χ2v) is 9.84. The van der Waals surface area contributed by atoms with Gasteiger partial charge in [-0.2, -0.15) is 0 Å². The lowest BCUT2D eigenvalue weighted by Gasteiger charge is -2.27. The van der Waals surface area contributed by atoms with Crippen LogP contribution in [-0.4, -0.2) is 47.1 Å². The molecule has 0 saturated carbocycles. The summed E-state index contributed by atoms with van der Waals surface area (Å²) in [6.45, 7) is 6.58. The van der Waals surface area contributed by atoms with Crippen molar-refractivity contribution in [3.8, 4) is 0 Å². The summed E-state index contributed by atoms with van der Waals surface area (Å²) in [5.41, 5.74) is 0.871. The van der Waals surface area contributed by atoms with E-state index in [2.05, 4.69) is 26.0 Å². The van der Waals surface area contributed by atoms with Crippen molar-refractivity contribution in [2.45, 2.75) is 84.5 Å². The van der Waals surface area contributed by atoms with E-state index in [9.17, 15) is 9.59 Å². The Bertz CT molecular complexity index is 768. The van der Waals surface area contributed by atoms with E-state index in [0.717, 1.165) is 70.9 Å². The Hall–Kier alpha value is -2.17. The largest absolute Gasteiger partial charge is 0.342 e. The molecule has 176 valence electrons. The molecule has 5 nitrogen and oxygen atoms in total. The van der Waals surface area contributed by atoms with Gasteiger partial charge in [0.1, 0.15) is 5.84 Å². The minimum absolute atomic E-state index is 0.193. The number of hydrogen-bond donors (Lipinski definition) is 1. The van der Waals surface area contributed by atoms with Crippen LogP contribution in [0.3, 0.4) is 0 Å². The Balaban J connectivity index is 1.48. The lowest BCUT2D eigenvalue weighted by molar-refractivity contribution is -0.136. The van der Waals surface area contributed by atoms with E-state index in [4.69, 9.17) is 5.41 Å². The topological polar surface area (TPSA) is 64.5 Å². The van der Waals surface area contributed by atoms with Gasteiger partial charge in [-0.25, -0.2) is 0 Å². The molecule has 1 unspecified atom stereocenters. The molecule has 2 aliphatic heterocycles. The van der Waals surface area contributed by atoms with Crippen molar-refractivity contribution in [2.75, 3.05) is 19.6 Å². The van der Waals surface area contributed by atoms with Gasteiger partial charge in [0.05, 0.1) is 5.41 Å². The first-order valence-electron chi connectivity index (χ1n) is 12.7. The van der Waals surface area contributed by atoms with Crippen LogP contribution in [-0.2, 0) is 16.0 Å². The summed E-state index contributed by atoms with van der Waals surface area (Å²) in [6, 6.07) is 10.2. The van der Waals surface area contributed by atoms with Gasteiger partial charge >= 0.3 is 0 Å². The number of hydrogen-bond acceptors (Lipinski definition) is 3. The maximum Gasteiger partial charge on any atom is 0.234 e. The SMILES string of the molecule is CCCCC1(CCCC)CC(=N)N(CCC2CCN(C(=O)CCc3ccccc3)C2)C1=O. The molecule has 2 amide bonds. The molecule has 1 aromatic rings. The van der Waals surface area contributed by atoms with Gasteiger partial charge in [0, 0.05) is 32.5 Å². The van der Waals surface area contributed by atoms with Gasteiger partial charge in [-0.05, 0) is 43.6 Å². The molecule has 0 aromatic heterocycles. The highest BCUT2D eigenvalue weighted by molar-refractivity contribution is 6.07. The molecular formula is C27H41N3O2. The lowest BCUT2D eigenvalue weighted by atomic mass is 9.77. The Morgan fingerprint density at radius 2 is 1.81 bits per heavy atom. The van der Waals surface area contributed by atoms with Gasteiger partial charge < -0.3 is 9.80 Å². The minimum Gasteiger partial charge on any atom is -0.342 e. The molecule has 0 bridgehead atoms. The monoisotopic (exact) mass is 439 g/mol. The van der Waals surface area contributed by atoms with Gasteiger partial charge in [-0.1, -0.05) is 69.9 Å². The van der Waals surface area contributed by atoms with Crippen molar-refractivity contribution >= 4 is 17.6 Å². The van der Waals surface area contributed by atoms with E-state index in [-0.39, 0.29) is 17.2 Å². The number of likely N-dealkylation sites (tertiary alicyclic amines) is 2. The molecule has 2 saturated heterocycles. The quantitative estimate of drug-likeness (QED) is 0.472. The first-order chi connectivity index (χ1) is 15.5. The molecule has 1 aromatic carbocycles. The second-order valence-electron chi connectivity index (χ2n) is 9.84. The average Bonchev–Trinajstić information content (AvgIpc) is 3.37. The molecule has 1 N–H and O–H groups in total. The van der Waals surface area contributed by atoms with Crippen LogP contribution in [0, 0.1) is 16.7 Å². The number of nitrogens with one attached hydrogen (secondary N) is 1. The summed E-state index contributed by atoms with van der Waals surface area (Å²) < 4.78 is 0. The molecule has 2 aliphatic rings. The number of benzene rings is 1. The third kappa shape index (κ3) is 5.99. The number of amides is 2. The lowest BCUT2D eigenvalue weighted by Crippen LogP contribution is -2.37. The van der Waals surface area contributed by atoms with E-state index < -0.39 is 0 Å². The molecule has 32 heavy (non-hydrogen) atoms. The van der Waals surface area contributed by atoms with Crippen LogP contribution in [0.15, 0.2) is 30.3 Å². The fraction of sp³-hybridized carbons (Fsp3) is 0.667. The number of aryl methyl sites for hydroxylation is 1. The zero-order valence-electron chi connectivity index (χ0n) is 20.1. The highest BCUT2D eigenvalue weighted by atomic mass is 16.2. The van der Waals surface area contributed by atoms with Crippen molar-refractivity contribution in [3.63, 3.8) is 0 Å². The van der Waals surface area contributed by atoms with Crippen molar-refractivity contribution in [3.05, 3.63) is 35.9 Å². The normalized spacial score (nSPS) is 20.4. The molecule has 5 heteroatoms. The fourth-order valence-electron chi connectivity index (χ4n) is 5.34. The van der Waals surface area contributed by atoms with Crippen LogP contribution in [0.25, 0.3) is 0 Å². The third-order valence-corrected chi connectivity index (χ3v) is 7.42. The van der Waals surface area contributed by atoms with E-state index in [1.165, 1.54) is 5.56 Å². The second kappa shape index (κ2) is 11.6. The van der Waals surface area contributed by atoms with Gasteiger partial charge in [-0.15, -0.1) is 0 Å². The highest BCUT2D eigenvalue weighted by Gasteiger charge is 2.48. The molecular weight excluding hydrogens is 398 g/mol. The van der Waals surface area contributed by atoms with Gasteiger partial charge in [0.15, 0.2) is 0 Å². The molecule has 0 spiro atoms. The maximum absolute atomic E-state index is 13.4. The number of amidine groups is 1. The van der Waals surface area contributed by atoms with Crippen LogP contribution in [0.2, 0.25) is 0 Å². The summed E-state index contributed by atoms with van der Waals surface area (Å²) in [6.07, 6.45) is 9.95. The number of carbonyl (C=O) groups is 2. The Labute approximate surface area is 194 Å². The van der Waals surface area contributed by atoms with E-state index in [1.54, 1.807) is 4.90 Å². The van der Waals surface area contributed by atoms with Crippen LogP contribution < -0.4 is 0 Å². The van der Waals surface area contributed by atoms with E-state index in [1.807, 2.05) is 23.1 Å². The number of carbonyl (C=O) groups excluding carboxylic acids is 2. The average molecular weight is 440 g/mol. The number of unbranched alkanes of at least 4 members (excludes halogenated alkanes) is 2. The van der Waals surface area contributed by atoms with Crippen molar-refractivity contribution < 1.29 is 9.59 Å². The van der Waals surface area contributed by atoms with Crippen LogP contribution >= 0.6 is 0 Å². The summed E-state index contributed by atoms with van der Waals surface area (Å²) >= 11 is 0. The molecule has 0 radical (unpaired) electrons. The van der Waals surface area contributed by atoms with Crippen LogP contribution in [0.5, 0.6) is 0 Å². The smallest absolute Gasteiger partial charge is 0.234 e. The predicted octanol–water partition coefficient (Wildman–Crippen LogP) is 5.43. The van der Waals surface area contributed by atoms with E-state index >= 15 is 0 Å². The summed E-state index contributed by atoms with van der Waals surface area (Å²) in [5.74, 6) is 1.37. The van der Waals surface area contributed by atoms with Gasteiger partial charge in [0.25, 0.3) is 0 Å². The molecule has 3 rings (SSSR count). The molecule has 2 heterocycles. The predicted molar refractivity (Wildman–Crippen MR) is 130 cm³/mol. The maximum atomic E-state index is 13.4. The van der Waals surface area contributed by atoms with Gasteiger partial charge in [0.2, 0.25) is 11.8 Å². The van der Waals surface area contributed by atoms with Gasteiger partial charge in [-0.3, -0.25) is 15.0 Å². The number of nitrogens with zero attached hydrogens (tertiary/aromatic N) is 2. The highest BCUT2D eigenvalue weighted by Crippen LogP contribution is 2.42. The molecule has 1 atom stereocenters. The van der Waals surface area contributed by atoms with Crippen LogP contribution in [0.4, 0.5) is 0 Å². The zero-order chi connectivity index (χ0) is 23.0. The Kier molecular flexibility index (Phi) is 8.89.